The summed E-state index contributed by atoms with van der Waals surface area (Å²) in [5.74, 6) is -0.413. The van der Waals surface area contributed by atoms with Gasteiger partial charge in [0, 0.05) is 6.42 Å². The minimum atomic E-state index is -4.62. The number of carbonyl (C=O) groups is 1. The first kappa shape index (κ1) is 32.3. The molecular weight excluding hydrogens is 443 g/mol. The molecule has 0 aromatic heterocycles. The number of unbranched alkanes of at least 4 members (excludes halogenated alkanes) is 15. The molecule has 0 unspecified atom stereocenters. The van der Waals surface area contributed by atoms with Gasteiger partial charge in [0.1, 0.15) is 12.7 Å². The maximum atomic E-state index is 11.6. The Kier molecular flexibility index (Phi) is 22.5. The number of phosphoric ester groups is 1. The molecule has 0 heterocycles. The van der Waals surface area contributed by atoms with E-state index in [1.54, 1.807) is 0 Å². The molecule has 0 saturated carbocycles. The molecule has 3 N–H and O–H groups in total. The van der Waals surface area contributed by atoms with Crippen LogP contribution >= 0.6 is 7.82 Å². The normalized spacial score (nSPS) is 13.0. The third kappa shape index (κ3) is 27.4. The quantitative estimate of drug-likeness (QED) is 0.0602. The van der Waals surface area contributed by atoms with Crippen LogP contribution in [0.1, 0.15) is 122 Å². The van der Waals surface area contributed by atoms with Gasteiger partial charge in [-0.05, 0) is 32.1 Å². The standard InChI is InChI=1S/C25H49O7P/c1-2-3-4-5-6-7-8-9-10-11-12-13-14-15-16-17-18-19-20-21-25(27)31-22-24(26)23-32-33(28,29)30/h11-12,24,26H,2-10,13-23H2,1H3,(H2,28,29,30)/b12-11-/t24-/m1/s1. The Morgan fingerprint density at radius 1 is 0.758 bits per heavy atom. The fourth-order valence-corrected chi connectivity index (χ4v) is 3.91. The molecule has 0 spiro atoms. The first-order valence-corrected chi connectivity index (χ1v) is 14.6. The van der Waals surface area contributed by atoms with Crippen LogP contribution in [0, 0.1) is 0 Å². The van der Waals surface area contributed by atoms with E-state index in [9.17, 15) is 14.5 Å². The summed E-state index contributed by atoms with van der Waals surface area (Å²) in [5, 5.41) is 9.45. The van der Waals surface area contributed by atoms with E-state index in [-0.39, 0.29) is 13.0 Å². The summed E-state index contributed by atoms with van der Waals surface area (Å²) < 4.78 is 19.5. The van der Waals surface area contributed by atoms with E-state index < -0.39 is 26.5 Å². The van der Waals surface area contributed by atoms with E-state index in [1.807, 2.05) is 0 Å². The first-order valence-electron chi connectivity index (χ1n) is 13.0. The van der Waals surface area contributed by atoms with Gasteiger partial charge in [0.2, 0.25) is 0 Å². The van der Waals surface area contributed by atoms with Gasteiger partial charge >= 0.3 is 13.8 Å². The second kappa shape index (κ2) is 23.0. The van der Waals surface area contributed by atoms with Gasteiger partial charge in [0.25, 0.3) is 0 Å². The second-order valence-electron chi connectivity index (χ2n) is 8.87. The predicted octanol–water partition coefficient (Wildman–Crippen LogP) is 6.60. The van der Waals surface area contributed by atoms with Crippen LogP contribution in [0.2, 0.25) is 0 Å². The Balaban J connectivity index is 3.32. The molecule has 0 aliphatic rings. The number of aliphatic hydroxyl groups excluding tert-OH is 1. The van der Waals surface area contributed by atoms with Crippen molar-refractivity contribution >= 4 is 13.8 Å². The SMILES string of the molecule is CCCCCCCCCC/C=C\CCCCCCCCCC(=O)OC[C@@H](O)COP(=O)(O)O. The molecule has 0 aromatic carbocycles. The Morgan fingerprint density at radius 3 is 1.70 bits per heavy atom. The monoisotopic (exact) mass is 492 g/mol. The molecular formula is C25H49O7P. The summed E-state index contributed by atoms with van der Waals surface area (Å²) in [7, 11) is -4.62. The summed E-state index contributed by atoms with van der Waals surface area (Å²) in [5.41, 5.74) is 0. The number of esters is 1. The maximum absolute atomic E-state index is 11.6. The van der Waals surface area contributed by atoms with Crippen LogP contribution < -0.4 is 0 Å². The van der Waals surface area contributed by atoms with E-state index in [4.69, 9.17) is 14.5 Å². The van der Waals surface area contributed by atoms with Crippen molar-refractivity contribution in [2.24, 2.45) is 0 Å². The molecule has 0 aliphatic carbocycles. The van der Waals surface area contributed by atoms with E-state index in [2.05, 4.69) is 23.6 Å². The van der Waals surface area contributed by atoms with Crippen LogP contribution in [0.15, 0.2) is 12.2 Å². The number of hydrogen-bond acceptors (Lipinski definition) is 5. The number of phosphoric acid groups is 1. The highest BCUT2D eigenvalue weighted by Crippen LogP contribution is 2.35. The number of allylic oxidation sites excluding steroid dienone is 2. The second-order valence-corrected chi connectivity index (χ2v) is 10.1. The highest BCUT2D eigenvalue weighted by molar-refractivity contribution is 7.46. The lowest BCUT2D eigenvalue weighted by Gasteiger charge is -2.12. The third-order valence-corrected chi connectivity index (χ3v) is 6.00. The van der Waals surface area contributed by atoms with Crippen molar-refractivity contribution in [2.45, 2.75) is 129 Å². The molecule has 33 heavy (non-hydrogen) atoms. The van der Waals surface area contributed by atoms with Gasteiger partial charge in [-0.25, -0.2) is 4.57 Å². The van der Waals surface area contributed by atoms with Gasteiger partial charge in [-0.3, -0.25) is 9.32 Å². The number of rotatable bonds is 24. The maximum Gasteiger partial charge on any atom is 0.469 e. The van der Waals surface area contributed by atoms with Crippen molar-refractivity contribution in [2.75, 3.05) is 13.2 Å². The zero-order valence-corrected chi connectivity index (χ0v) is 21.7. The van der Waals surface area contributed by atoms with E-state index in [0.717, 1.165) is 19.3 Å². The Labute approximate surface area is 201 Å². The topological polar surface area (TPSA) is 113 Å². The largest absolute Gasteiger partial charge is 0.469 e. The van der Waals surface area contributed by atoms with Crippen LogP contribution in [-0.4, -0.2) is 40.2 Å². The lowest BCUT2D eigenvalue weighted by Crippen LogP contribution is -2.23. The van der Waals surface area contributed by atoms with Gasteiger partial charge in [-0.15, -0.1) is 0 Å². The molecule has 1 atom stereocenters. The van der Waals surface area contributed by atoms with Crippen molar-refractivity contribution < 1.29 is 33.5 Å². The highest BCUT2D eigenvalue weighted by atomic mass is 31.2. The van der Waals surface area contributed by atoms with Crippen molar-refractivity contribution in [3.8, 4) is 0 Å². The third-order valence-electron chi connectivity index (χ3n) is 5.51. The molecule has 0 fully saturated rings. The smallest absolute Gasteiger partial charge is 0.463 e. The van der Waals surface area contributed by atoms with Gasteiger partial charge in [-0.1, -0.05) is 96.1 Å². The van der Waals surface area contributed by atoms with Crippen LogP contribution in [0.4, 0.5) is 0 Å². The molecule has 7 nitrogen and oxygen atoms in total. The number of ether oxygens (including phenoxy) is 1. The van der Waals surface area contributed by atoms with Crippen LogP contribution in [0.5, 0.6) is 0 Å². The molecule has 196 valence electrons. The molecule has 0 radical (unpaired) electrons. The first-order chi connectivity index (χ1) is 15.8. The number of aliphatic hydroxyl groups is 1. The Bertz CT molecular complexity index is 519. The van der Waals surface area contributed by atoms with E-state index >= 15 is 0 Å². The number of carbonyl (C=O) groups excluding carboxylic acids is 1. The van der Waals surface area contributed by atoms with Crippen molar-refractivity contribution in [1.82, 2.24) is 0 Å². The lowest BCUT2D eigenvalue weighted by molar-refractivity contribution is -0.147. The molecule has 0 rings (SSSR count). The van der Waals surface area contributed by atoms with E-state index in [0.29, 0.717) is 0 Å². The van der Waals surface area contributed by atoms with Gasteiger partial charge in [0.15, 0.2) is 0 Å². The van der Waals surface area contributed by atoms with Gasteiger partial charge in [0.05, 0.1) is 6.61 Å². The Morgan fingerprint density at radius 2 is 1.21 bits per heavy atom. The van der Waals surface area contributed by atoms with Crippen LogP contribution in [0.25, 0.3) is 0 Å². The molecule has 0 saturated heterocycles. The van der Waals surface area contributed by atoms with Gasteiger partial charge < -0.3 is 19.6 Å². The summed E-state index contributed by atoms with van der Waals surface area (Å²) in [6.45, 7) is 1.36. The minimum absolute atomic E-state index is 0.287. The zero-order valence-electron chi connectivity index (χ0n) is 20.8. The van der Waals surface area contributed by atoms with Crippen LogP contribution in [0.3, 0.4) is 0 Å². The molecule has 0 amide bonds. The van der Waals surface area contributed by atoms with Gasteiger partial charge in [-0.2, -0.15) is 0 Å². The fraction of sp³-hybridized carbons (Fsp3) is 0.880. The zero-order chi connectivity index (χ0) is 24.6. The molecule has 0 aromatic rings. The summed E-state index contributed by atoms with van der Waals surface area (Å²) in [4.78, 5) is 28.7. The Hall–Kier alpha value is -0.720. The molecule has 8 heteroatoms. The average molecular weight is 493 g/mol. The lowest BCUT2D eigenvalue weighted by atomic mass is 10.1. The van der Waals surface area contributed by atoms with Crippen LogP contribution in [-0.2, 0) is 18.6 Å². The molecule has 0 aliphatic heterocycles. The van der Waals surface area contributed by atoms with Crippen molar-refractivity contribution in [3.63, 3.8) is 0 Å². The average Bonchev–Trinajstić information content (AvgIpc) is 2.77. The van der Waals surface area contributed by atoms with Crippen molar-refractivity contribution in [1.29, 1.82) is 0 Å². The molecule has 0 bridgehead atoms. The number of hydrogen-bond donors (Lipinski definition) is 3. The summed E-state index contributed by atoms with van der Waals surface area (Å²) >= 11 is 0. The summed E-state index contributed by atoms with van der Waals surface area (Å²) in [6, 6.07) is 0. The van der Waals surface area contributed by atoms with E-state index in [1.165, 1.54) is 89.9 Å². The van der Waals surface area contributed by atoms with Crippen molar-refractivity contribution in [3.05, 3.63) is 12.2 Å². The minimum Gasteiger partial charge on any atom is -0.463 e. The predicted molar refractivity (Wildman–Crippen MR) is 133 cm³/mol. The highest BCUT2D eigenvalue weighted by Gasteiger charge is 2.17. The summed E-state index contributed by atoms with van der Waals surface area (Å²) in [6.07, 6.45) is 24.8. The fourth-order valence-electron chi connectivity index (χ4n) is 3.54.